The van der Waals surface area contributed by atoms with Crippen LogP contribution in [0.15, 0.2) is 24.3 Å². The zero-order chi connectivity index (χ0) is 18.8. The highest BCUT2D eigenvalue weighted by molar-refractivity contribution is 5.92. The van der Waals surface area contributed by atoms with Gasteiger partial charge in [-0.1, -0.05) is 6.07 Å². The molecule has 8 heteroatoms. The molecular weight excluding hydrogens is 324 g/mol. The van der Waals surface area contributed by atoms with Crippen molar-refractivity contribution in [1.29, 1.82) is 0 Å². The molecule has 0 aliphatic heterocycles. The Morgan fingerprint density at radius 3 is 2.52 bits per heavy atom. The summed E-state index contributed by atoms with van der Waals surface area (Å²) in [6.45, 7) is 4.16. The van der Waals surface area contributed by atoms with Crippen molar-refractivity contribution in [2.24, 2.45) is 0 Å². The van der Waals surface area contributed by atoms with Gasteiger partial charge >= 0.3 is 0 Å². The van der Waals surface area contributed by atoms with Crippen molar-refractivity contribution in [1.82, 2.24) is 10.6 Å². The maximum atomic E-state index is 12.1. The lowest BCUT2D eigenvalue weighted by atomic mass is 10.3. The van der Waals surface area contributed by atoms with Crippen LogP contribution in [-0.2, 0) is 14.4 Å². The molecule has 138 valence electrons. The fourth-order valence-electron chi connectivity index (χ4n) is 2.20. The molecule has 3 amide bonds. The van der Waals surface area contributed by atoms with Crippen LogP contribution in [0.3, 0.4) is 0 Å². The Kier molecular flexibility index (Phi) is 8.42. The third kappa shape index (κ3) is 7.67. The number of hydrogen-bond acceptors (Lipinski definition) is 4. The molecule has 0 fully saturated rings. The molecule has 8 nitrogen and oxygen atoms in total. The van der Waals surface area contributed by atoms with Gasteiger partial charge in [-0.15, -0.1) is 0 Å². The molecule has 0 spiro atoms. The number of hydrogen-bond donors (Lipinski definition) is 4. The molecule has 1 aromatic rings. The summed E-state index contributed by atoms with van der Waals surface area (Å²) >= 11 is 0. The minimum atomic E-state index is -0.606. The third-order valence-corrected chi connectivity index (χ3v) is 3.40. The number of carbonyl (C=O) groups is 3. The average Bonchev–Trinajstić information content (AvgIpc) is 2.54. The molecule has 0 saturated heterocycles. The largest absolute Gasteiger partial charge is 0.497 e. The number of amides is 3. The van der Waals surface area contributed by atoms with Crippen molar-refractivity contribution in [3.63, 3.8) is 0 Å². The van der Waals surface area contributed by atoms with Crippen LogP contribution in [0, 0.1) is 0 Å². The van der Waals surface area contributed by atoms with Gasteiger partial charge in [0.15, 0.2) is 13.1 Å². The zero-order valence-corrected chi connectivity index (χ0v) is 15.1. The fourth-order valence-corrected chi connectivity index (χ4v) is 2.20. The first-order valence-electron chi connectivity index (χ1n) is 8.18. The van der Waals surface area contributed by atoms with Crippen LogP contribution in [-0.4, -0.2) is 57.6 Å². The summed E-state index contributed by atoms with van der Waals surface area (Å²) in [5.41, 5.74) is 0.631. The summed E-state index contributed by atoms with van der Waals surface area (Å²) in [5.74, 6) is -0.0812. The van der Waals surface area contributed by atoms with E-state index in [0.29, 0.717) is 22.9 Å². The predicted octanol–water partition coefficient (Wildman–Crippen LogP) is -1.21. The lowest BCUT2D eigenvalue weighted by molar-refractivity contribution is -0.862. The Morgan fingerprint density at radius 2 is 1.88 bits per heavy atom. The number of rotatable bonds is 9. The van der Waals surface area contributed by atoms with Crippen LogP contribution in [0.2, 0.25) is 0 Å². The van der Waals surface area contributed by atoms with Gasteiger partial charge in [0, 0.05) is 18.3 Å². The van der Waals surface area contributed by atoms with E-state index in [2.05, 4.69) is 16.0 Å². The van der Waals surface area contributed by atoms with Crippen LogP contribution < -0.4 is 25.6 Å². The maximum absolute atomic E-state index is 12.1. The van der Waals surface area contributed by atoms with E-state index in [1.165, 1.54) is 0 Å². The fraction of sp³-hybridized carbons (Fsp3) is 0.471. The third-order valence-electron chi connectivity index (χ3n) is 3.40. The number of anilines is 1. The van der Waals surface area contributed by atoms with E-state index in [0.717, 1.165) is 0 Å². The van der Waals surface area contributed by atoms with Gasteiger partial charge in [-0.2, -0.15) is 0 Å². The van der Waals surface area contributed by atoms with E-state index in [1.54, 1.807) is 45.3 Å². The van der Waals surface area contributed by atoms with Crippen LogP contribution in [0.25, 0.3) is 0 Å². The first-order chi connectivity index (χ1) is 11.8. The molecule has 4 N–H and O–H groups in total. The summed E-state index contributed by atoms with van der Waals surface area (Å²) in [4.78, 5) is 36.3. The minimum Gasteiger partial charge on any atom is -0.497 e. The lowest BCUT2D eigenvalue weighted by Crippen LogP contribution is -3.11. The molecule has 0 radical (unpaired) electrons. The molecule has 1 unspecified atom stereocenters. The Hall–Kier alpha value is -2.61. The Bertz CT molecular complexity index is 606. The van der Waals surface area contributed by atoms with Gasteiger partial charge in [0.1, 0.15) is 11.8 Å². The van der Waals surface area contributed by atoms with E-state index in [1.807, 2.05) is 6.92 Å². The van der Waals surface area contributed by atoms with E-state index in [9.17, 15) is 14.4 Å². The van der Waals surface area contributed by atoms with Crippen molar-refractivity contribution >= 4 is 23.4 Å². The molecule has 0 saturated carbocycles. The lowest BCUT2D eigenvalue weighted by Gasteiger charge is -2.16. The maximum Gasteiger partial charge on any atom is 0.279 e. The number of carbonyl (C=O) groups excluding carboxylic acids is 3. The molecule has 2 atom stereocenters. The molecule has 1 rings (SSSR count). The first-order valence-corrected chi connectivity index (χ1v) is 8.18. The van der Waals surface area contributed by atoms with Crippen LogP contribution in [0.5, 0.6) is 5.75 Å². The SMILES string of the molecule is CCNC(=O)[C@H](C)NC(=O)C[NH+](C)CC(=O)Nc1cccc(OC)c1. The number of ether oxygens (including phenoxy) is 1. The number of methoxy groups -OCH3 is 1. The Balaban J connectivity index is 2.41. The molecule has 0 aliphatic carbocycles. The Morgan fingerprint density at radius 1 is 1.20 bits per heavy atom. The van der Waals surface area contributed by atoms with Crippen LogP contribution in [0.1, 0.15) is 13.8 Å². The zero-order valence-electron chi connectivity index (χ0n) is 15.1. The number of likely N-dealkylation sites (N-methyl/N-ethyl adjacent to an activating group) is 2. The summed E-state index contributed by atoms with van der Waals surface area (Å²) in [6.07, 6.45) is 0. The van der Waals surface area contributed by atoms with Gasteiger partial charge in [0.25, 0.3) is 11.8 Å². The molecule has 0 aliphatic rings. The van der Waals surface area contributed by atoms with Crippen molar-refractivity contribution in [3.05, 3.63) is 24.3 Å². The summed E-state index contributed by atoms with van der Waals surface area (Å²) < 4.78 is 5.10. The second kappa shape index (κ2) is 10.3. The van der Waals surface area contributed by atoms with Gasteiger partial charge in [-0.25, -0.2) is 0 Å². The van der Waals surface area contributed by atoms with Crippen molar-refractivity contribution in [2.75, 3.05) is 39.1 Å². The second-order valence-corrected chi connectivity index (χ2v) is 5.77. The number of quaternary nitrogens is 1. The molecule has 0 heterocycles. The van der Waals surface area contributed by atoms with Crippen molar-refractivity contribution in [2.45, 2.75) is 19.9 Å². The number of benzene rings is 1. The summed E-state index contributed by atoms with van der Waals surface area (Å²) in [6, 6.07) is 6.43. The topological polar surface area (TPSA) is 101 Å². The van der Waals surface area contributed by atoms with Gasteiger partial charge in [-0.05, 0) is 26.0 Å². The van der Waals surface area contributed by atoms with Gasteiger partial charge in [0.2, 0.25) is 5.91 Å². The normalized spacial score (nSPS) is 12.6. The molecule has 0 bridgehead atoms. The van der Waals surface area contributed by atoms with E-state index in [4.69, 9.17) is 4.74 Å². The van der Waals surface area contributed by atoms with Gasteiger partial charge < -0.3 is 25.6 Å². The van der Waals surface area contributed by atoms with Gasteiger partial charge in [0.05, 0.1) is 14.2 Å². The van der Waals surface area contributed by atoms with Crippen molar-refractivity contribution < 1.29 is 24.0 Å². The first kappa shape index (κ1) is 20.4. The van der Waals surface area contributed by atoms with Crippen LogP contribution >= 0.6 is 0 Å². The smallest absolute Gasteiger partial charge is 0.279 e. The van der Waals surface area contributed by atoms with E-state index < -0.39 is 6.04 Å². The summed E-state index contributed by atoms with van der Waals surface area (Å²) in [7, 11) is 3.29. The molecule has 25 heavy (non-hydrogen) atoms. The highest BCUT2D eigenvalue weighted by Gasteiger charge is 2.19. The quantitative estimate of drug-likeness (QED) is 0.448. The minimum absolute atomic E-state index is 0.0925. The van der Waals surface area contributed by atoms with E-state index >= 15 is 0 Å². The predicted molar refractivity (Wildman–Crippen MR) is 94.5 cm³/mol. The second-order valence-electron chi connectivity index (χ2n) is 5.77. The van der Waals surface area contributed by atoms with Gasteiger partial charge in [-0.3, -0.25) is 14.4 Å². The molecular formula is C17H27N4O4+. The number of nitrogens with one attached hydrogen (secondary N) is 4. The Labute approximate surface area is 147 Å². The summed E-state index contributed by atoms with van der Waals surface area (Å²) in [5, 5.41) is 8.01. The monoisotopic (exact) mass is 351 g/mol. The highest BCUT2D eigenvalue weighted by atomic mass is 16.5. The molecule has 1 aromatic carbocycles. The average molecular weight is 351 g/mol. The van der Waals surface area contributed by atoms with Crippen LogP contribution in [0.4, 0.5) is 5.69 Å². The molecule has 0 aromatic heterocycles. The standard InChI is InChI=1S/C17H26N4O4/c1-5-18-17(24)12(2)19-15(22)10-21(3)11-16(23)20-13-7-6-8-14(9-13)25-4/h6-9,12H,5,10-11H2,1-4H3,(H,18,24)(H,19,22)(H,20,23)/p+1/t12-/m0/s1. The highest BCUT2D eigenvalue weighted by Crippen LogP contribution is 2.16. The van der Waals surface area contributed by atoms with Crippen molar-refractivity contribution in [3.8, 4) is 5.75 Å². The van der Waals surface area contributed by atoms with E-state index in [-0.39, 0.29) is 30.8 Å².